The molecule has 4 aliphatic rings. The Kier molecular flexibility index (Phi) is 4.12. The first kappa shape index (κ1) is 19.0. The number of rotatable bonds is 2. The van der Waals surface area contributed by atoms with Crippen molar-refractivity contribution in [2.24, 2.45) is 34.5 Å². The van der Waals surface area contributed by atoms with E-state index in [9.17, 15) is 24.9 Å². The average molecular weight is 374 g/mol. The van der Waals surface area contributed by atoms with E-state index in [0.717, 1.165) is 18.4 Å². The Morgan fingerprint density at radius 2 is 2.04 bits per heavy atom. The van der Waals surface area contributed by atoms with Gasteiger partial charge < -0.3 is 15.3 Å². The van der Waals surface area contributed by atoms with Gasteiger partial charge in [-0.25, -0.2) is 0 Å². The van der Waals surface area contributed by atoms with Crippen LogP contribution in [0.3, 0.4) is 0 Å². The number of allylic oxidation sites excluding steroid dienone is 4. The van der Waals surface area contributed by atoms with E-state index in [4.69, 9.17) is 0 Å². The number of carbonyl (C=O) groups excluding carboxylic acids is 2. The summed E-state index contributed by atoms with van der Waals surface area (Å²) in [6, 6.07) is 0. The predicted octanol–water partition coefficient (Wildman–Crippen LogP) is 1.80. The molecule has 27 heavy (non-hydrogen) atoms. The molecule has 3 fully saturated rings. The summed E-state index contributed by atoms with van der Waals surface area (Å²) in [6.07, 6.45) is 6.87. The van der Waals surface area contributed by atoms with Crippen molar-refractivity contribution in [1.82, 2.24) is 0 Å². The number of aliphatic hydroxyl groups excluding tert-OH is 2. The Balaban J connectivity index is 1.78. The minimum absolute atomic E-state index is 0.00620. The van der Waals surface area contributed by atoms with Crippen LogP contribution in [0.2, 0.25) is 0 Å². The molecule has 8 atom stereocenters. The molecule has 0 aliphatic heterocycles. The van der Waals surface area contributed by atoms with Crippen molar-refractivity contribution in [2.75, 3.05) is 6.61 Å². The summed E-state index contributed by atoms with van der Waals surface area (Å²) in [7, 11) is 0. The first-order valence-corrected chi connectivity index (χ1v) is 10.1. The van der Waals surface area contributed by atoms with Crippen molar-refractivity contribution in [3.63, 3.8) is 0 Å². The van der Waals surface area contributed by atoms with Gasteiger partial charge in [0, 0.05) is 16.7 Å². The standard InChI is InChI=1S/C22H30O5/c1-12-8-14-15-5-7-22(27,18(26)11-23)21(15,3)10-17(25)19(14)20(2)6-4-13(24)9-16(12)20/h4,6,9,12,14-15,17,19,23,25,27H,5,7-8,10-11H2,1-3H3/t12-,14?,15?,17-,19?,20-,21-,22-/m0/s1. The fraction of sp³-hybridized carbons (Fsp3) is 0.727. The predicted molar refractivity (Wildman–Crippen MR) is 99.6 cm³/mol. The summed E-state index contributed by atoms with van der Waals surface area (Å²) in [5.41, 5.74) is -1.59. The highest BCUT2D eigenvalue weighted by molar-refractivity contribution is 6.01. The molecular formula is C22H30O5. The zero-order chi connectivity index (χ0) is 19.8. The SMILES string of the molecule is C[C@H]1CC2C([C@@H](O)C[C@@]3(C)C2CC[C@]3(O)C(=O)CO)[C@@]2(C)C=CC(=O)C=C12. The van der Waals surface area contributed by atoms with Gasteiger partial charge in [0.2, 0.25) is 0 Å². The third kappa shape index (κ3) is 2.28. The molecule has 0 radical (unpaired) electrons. The molecule has 0 amide bonds. The molecule has 4 aliphatic carbocycles. The molecule has 0 aromatic rings. The minimum Gasteiger partial charge on any atom is -0.393 e. The Morgan fingerprint density at radius 3 is 2.70 bits per heavy atom. The van der Waals surface area contributed by atoms with E-state index in [2.05, 4.69) is 13.8 Å². The topological polar surface area (TPSA) is 94.8 Å². The van der Waals surface area contributed by atoms with Crippen molar-refractivity contribution in [2.45, 2.75) is 58.2 Å². The van der Waals surface area contributed by atoms with Gasteiger partial charge in [-0.15, -0.1) is 0 Å². The molecule has 0 spiro atoms. The van der Waals surface area contributed by atoms with Crippen LogP contribution in [0.1, 0.15) is 46.5 Å². The minimum atomic E-state index is -1.57. The van der Waals surface area contributed by atoms with Crippen LogP contribution in [0.5, 0.6) is 0 Å². The zero-order valence-corrected chi connectivity index (χ0v) is 16.3. The van der Waals surface area contributed by atoms with Crippen LogP contribution >= 0.6 is 0 Å². The van der Waals surface area contributed by atoms with E-state index >= 15 is 0 Å². The lowest BCUT2D eigenvalue weighted by Gasteiger charge is -2.60. The molecule has 4 rings (SSSR count). The Bertz CT molecular complexity index is 754. The number of hydrogen-bond acceptors (Lipinski definition) is 5. The van der Waals surface area contributed by atoms with E-state index in [1.807, 2.05) is 13.0 Å². The van der Waals surface area contributed by atoms with E-state index in [1.165, 1.54) is 0 Å². The smallest absolute Gasteiger partial charge is 0.190 e. The van der Waals surface area contributed by atoms with Gasteiger partial charge in [0.25, 0.3) is 0 Å². The van der Waals surface area contributed by atoms with E-state index in [0.29, 0.717) is 12.8 Å². The van der Waals surface area contributed by atoms with Crippen LogP contribution in [-0.4, -0.2) is 45.2 Å². The van der Waals surface area contributed by atoms with Crippen LogP contribution in [0.25, 0.3) is 0 Å². The third-order valence-corrected chi connectivity index (χ3v) is 8.57. The van der Waals surface area contributed by atoms with Gasteiger partial charge in [0.15, 0.2) is 11.6 Å². The van der Waals surface area contributed by atoms with Crippen molar-refractivity contribution in [1.29, 1.82) is 0 Å². The molecule has 3 unspecified atom stereocenters. The maximum atomic E-state index is 12.4. The number of ketones is 2. The molecule has 3 saturated carbocycles. The summed E-state index contributed by atoms with van der Waals surface area (Å²) in [4.78, 5) is 24.4. The molecule has 3 N–H and O–H groups in total. The Morgan fingerprint density at radius 1 is 1.33 bits per heavy atom. The second kappa shape index (κ2) is 5.85. The normalized spacial score (nSPS) is 51.3. The number of fused-ring (bicyclic) bond motifs is 5. The number of Topliss-reactive ketones (excluding diaryl/α,β-unsaturated/α-hetero) is 1. The van der Waals surface area contributed by atoms with Crippen molar-refractivity contribution in [3.8, 4) is 0 Å². The molecule has 5 heteroatoms. The Labute approximate surface area is 160 Å². The van der Waals surface area contributed by atoms with Crippen LogP contribution in [0, 0.1) is 34.5 Å². The van der Waals surface area contributed by atoms with Crippen molar-refractivity contribution >= 4 is 11.6 Å². The lowest BCUT2D eigenvalue weighted by Crippen LogP contribution is -2.62. The van der Waals surface area contributed by atoms with Crippen LogP contribution in [-0.2, 0) is 9.59 Å². The second-order valence-corrected chi connectivity index (χ2v) is 9.72. The monoisotopic (exact) mass is 374 g/mol. The largest absolute Gasteiger partial charge is 0.393 e. The highest BCUT2D eigenvalue weighted by Gasteiger charge is 2.68. The second-order valence-electron chi connectivity index (χ2n) is 9.72. The summed E-state index contributed by atoms with van der Waals surface area (Å²) in [5, 5.41) is 31.9. The molecule has 0 heterocycles. The number of carbonyl (C=O) groups is 2. The Hall–Kier alpha value is -1.30. The molecule has 0 bridgehead atoms. The van der Waals surface area contributed by atoms with Gasteiger partial charge in [-0.3, -0.25) is 9.59 Å². The lowest BCUT2D eigenvalue weighted by atomic mass is 9.45. The van der Waals surface area contributed by atoms with Crippen molar-refractivity contribution < 1.29 is 24.9 Å². The summed E-state index contributed by atoms with van der Waals surface area (Å²) in [6.45, 7) is 5.48. The van der Waals surface area contributed by atoms with Gasteiger partial charge in [-0.1, -0.05) is 32.4 Å². The summed E-state index contributed by atoms with van der Waals surface area (Å²) in [5.74, 6) is -0.0768. The van der Waals surface area contributed by atoms with Gasteiger partial charge in [-0.2, -0.15) is 0 Å². The fourth-order valence-corrected chi connectivity index (χ4v) is 7.34. The lowest BCUT2D eigenvalue weighted by molar-refractivity contribution is -0.180. The van der Waals surface area contributed by atoms with Gasteiger partial charge >= 0.3 is 0 Å². The van der Waals surface area contributed by atoms with E-state index in [1.54, 1.807) is 12.2 Å². The summed E-state index contributed by atoms with van der Waals surface area (Å²) < 4.78 is 0. The first-order valence-electron chi connectivity index (χ1n) is 10.1. The van der Waals surface area contributed by atoms with Crippen LogP contribution in [0.4, 0.5) is 0 Å². The maximum Gasteiger partial charge on any atom is 0.190 e. The third-order valence-electron chi connectivity index (χ3n) is 8.57. The molecular weight excluding hydrogens is 344 g/mol. The summed E-state index contributed by atoms with van der Waals surface area (Å²) >= 11 is 0. The van der Waals surface area contributed by atoms with Crippen molar-refractivity contribution in [3.05, 3.63) is 23.8 Å². The maximum absolute atomic E-state index is 12.4. The first-order chi connectivity index (χ1) is 12.6. The van der Waals surface area contributed by atoms with E-state index < -0.39 is 29.5 Å². The molecule has 0 saturated heterocycles. The van der Waals surface area contributed by atoms with E-state index in [-0.39, 0.29) is 34.9 Å². The highest BCUT2D eigenvalue weighted by Crippen LogP contribution is 2.67. The highest BCUT2D eigenvalue weighted by atomic mass is 16.3. The molecule has 5 nitrogen and oxygen atoms in total. The zero-order valence-electron chi connectivity index (χ0n) is 16.3. The molecule has 0 aromatic carbocycles. The van der Waals surface area contributed by atoms with Crippen LogP contribution in [0.15, 0.2) is 23.8 Å². The van der Waals surface area contributed by atoms with Gasteiger partial charge in [-0.05, 0) is 55.6 Å². The van der Waals surface area contributed by atoms with Gasteiger partial charge in [0.05, 0.1) is 6.10 Å². The average Bonchev–Trinajstić information content (AvgIpc) is 2.87. The number of aliphatic hydroxyl groups is 3. The van der Waals surface area contributed by atoms with Crippen LogP contribution < -0.4 is 0 Å². The fourth-order valence-electron chi connectivity index (χ4n) is 7.34. The number of hydrogen-bond donors (Lipinski definition) is 3. The quantitative estimate of drug-likeness (QED) is 0.685. The molecule has 148 valence electrons. The van der Waals surface area contributed by atoms with Gasteiger partial charge in [0.1, 0.15) is 12.2 Å². The molecule has 0 aromatic heterocycles.